The molecule has 5 heteroatoms. The molecule has 5 nitrogen and oxygen atoms in total. The molecular formula is C24H37N3O2. The fraction of sp³-hybridized carbons (Fsp3) is 0.708. The van der Waals surface area contributed by atoms with Crippen LogP contribution in [-0.4, -0.2) is 72.5 Å². The average Bonchev–Trinajstić information content (AvgIpc) is 3.45. The Labute approximate surface area is 176 Å². The van der Waals surface area contributed by atoms with Gasteiger partial charge in [0.05, 0.1) is 12.6 Å². The Morgan fingerprint density at radius 3 is 2.38 bits per heavy atom. The molecule has 3 aliphatic rings. The van der Waals surface area contributed by atoms with Crippen molar-refractivity contribution in [1.82, 2.24) is 14.7 Å². The molecule has 1 amide bonds. The molecule has 3 saturated heterocycles. The molecule has 0 spiro atoms. The fourth-order valence-corrected chi connectivity index (χ4v) is 5.03. The van der Waals surface area contributed by atoms with Crippen molar-refractivity contribution in [2.24, 2.45) is 0 Å². The molecule has 3 aliphatic heterocycles. The molecule has 0 aromatic heterocycles. The van der Waals surface area contributed by atoms with E-state index in [-0.39, 0.29) is 6.04 Å². The van der Waals surface area contributed by atoms with Crippen LogP contribution in [0.2, 0.25) is 0 Å². The van der Waals surface area contributed by atoms with E-state index in [1.165, 1.54) is 37.9 Å². The third-order valence-corrected chi connectivity index (χ3v) is 6.71. The van der Waals surface area contributed by atoms with Crippen LogP contribution < -0.4 is 4.74 Å². The van der Waals surface area contributed by atoms with Gasteiger partial charge in [0.1, 0.15) is 5.75 Å². The third-order valence-electron chi connectivity index (χ3n) is 6.71. The van der Waals surface area contributed by atoms with E-state index < -0.39 is 0 Å². The van der Waals surface area contributed by atoms with Gasteiger partial charge in [-0.2, -0.15) is 0 Å². The van der Waals surface area contributed by atoms with E-state index >= 15 is 0 Å². The van der Waals surface area contributed by atoms with E-state index in [1.54, 1.807) is 0 Å². The van der Waals surface area contributed by atoms with Crippen molar-refractivity contribution in [2.75, 3.05) is 45.9 Å². The topological polar surface area (TPSA) is 36.0 Å². The summed E-state index contributed by atoms with van der Waals surface area (Å²) in [4.78, 5) is 19.8. The number of rotatable bonds is 8. The van der Waals surface area contributed by atoms with Crippen LogP contribution in [0.3, 0.4) is 0 Å². The second kappa shape index (κ2) is 10.4. The highest BCUT2D eigenvalue weighted by molar-refractivity contribution is 5.82. The summed E-state index contributed by atoms with van der Waals surface area (Å²) in [7, 11) is 0. The number of nitrogens with zero attached hydrogens (tertiary/aromatic N) is 3. The lowest BCUT2D eigenvalue weighted by Gasteiger charge is -2.27. The summed E-state index contributed by atoms with van der Waals surface area (Å²) in [6.45, 7) is 8.24. The van der Waals surface area contributed by atoms with E-state index in [1.807, 2.05) is 0 Å². The predicted molar refractivity (Wildman–Crippen MR) is 116 cm³/mol. The first-order valence-electron chi connectivity index (χ1n) is 11.8. The van der Waals surface area contributed by atoms with Gasteiger partial charge in [-0.25, -0.2) is 0 Å². The van der Waals surface area contributed by atoms with Crippen LogP contribution in [0.15, 0.2) is 24.3 Å². The van der Waals surface area contributed by atoms with Gasteiger partial charge in [0, 0.05) is 26.2 Å². The van der Waals surface area contributed by atoms with Crippen LogP contribution in [0.5, 0.6) is 5.75 Å². The largest absolute Gasteiger partial charge is 0.494 e. The summed E-state index contributed by atoms with van der Waals surface area (Å²) >= 11 is 0. The molecule has 0 radical (unpaired) electrons. The number of piperidine rings is 1. The molecule has 1 atom stereocenters. The maximum Gasteiger partial charge on any atom is 0.239 e. The standard InChI is InChI=1S/C24H37N3O2/c28-24(26-16-4-5-17-26)23-8-6-18-27(23)20-21-9-11-22(12-10-21)29-19-7-15-25-13-2-1-3-14-25/h9-12,23H,1-8,13-20H2/t23-/m0/s1. The minimum atomic E-state index is 0.0822. The van der Waals surface area contributed by atoms with Crippen molar-refractivity contribution >= 4 is 5.91 Å². The molecule has 1 aromatic rings. The molecule has 0 aliphatic carbocycles. The minimum Gasteiger partial charge on any atom is -0.494 e. The first-order chi connectivity index (χ1) is 14.3. The zero-order valence-corrected chi connectivity index (χ0v) is 17.9. The summed E-state index contributed by atoms with van der Waals surface area (Å²) in [5, 5.41) is 0. The number of benzene rings is 1. The SMILES string of the molecule is O=C([C@@H]1CCCN1Cc1ccc(OCCCN2CCCCC2)cc1)N1CCCC1. The highest BCUT2D eigenvalue weighted by Gasteiger charge is 2.34. The molecule has 0 bridgehead atoms. The maximum atomic E-state index is 12.8. The van der Waals surface area contributed by atoms with E-state index in [9.17, 15) is 4.79 Å². The van der Waals surface area contributed by atoms with Crippen LogP contribution in [0.1, 0.15) is 56.9 Å². The molecule has 160 valence electrons. The Morgan fingerprint density at radius 2 is 1.62 bits per heavy atom. The molecule has 1 aromatic carbocycles. The molecule has 0 N–H and O–H groups in total. The number of carbonyl (C=O) groups excluding carboxylic acids is 1. The summed E-state index contributed by atoms with van der Waals surface area (Å²) < 4.78 is 5.95. The van der Waals surface area contributed by atoms with E-state index in [0.717, 1.165) is 77.2 Å². The normalized spacial score (nSPS) is 23.6. The Hall–Kier alpha value is -1.59. The second-order valence-corrected chi connectivity index (χ2v) is 8.91. The van der Waals surface area contributed by atoms with E-state index in [4.69, 9.17) is 4.74 Å². The van der Waals surface area contributed by atoms with Gasteiger partial charge in [-0.05, 0) is 82.3 Å². The number of likely N-dealkylation sites (tertiary alicyclic amines) is 3. The summed E-state index contributed by atoms with van der Waals surface area (Å²) in [5.74, 6) is 1.31. The average molecular weight is 400 g/mol. The third kappa shape index (κ3) is 5.73. The molecule has 0 unspecified atom stereocenters. The Bertz CT molecular complexity index is 636. The van der Waals surface area contributed by atoms with Gasteiger partial charge in [0.25, 0.3) is 0 Å². The van der Waals surface area contributed by atoms with Gasteiger partial charge < -0.3 is 14.5 Å². The number of ether oxygens (including phenoxy) is 1. The van der Waals surface area contributed by atoms with Crippen LogP contribution in [0.25, 0.3) is 0 Å². The van der Waals surface area contributed by atoms with Gasteiger partial charge in [0.2, 0.25) is 5.91 Å². The molecule has 3 fully saturated rings. The lowest BCUT2D eigenvalue weighted by molar-refractivity contribution is -0.135. The maximum absolute atomic E-state index is 12.8. The van der Waals surface area contributed by atoms with Gasteiger partial charge in [0.15, 0.2) is 0 Å². The lowest BCUT2D eigenvalue weighted by atomic mass is 10.1. The first-order valence-corrected chi connectivity index (χ1v) is 11.8. The number of carbonyl (C=O) groups is 1. The smallest absolute Gasteiger partial charge is 0.239 e. The van der Waals surface area contributed by atoms with Gasteiger partial charge >= 0.3 is 0 Å². The second-order valence-electron chi connectivity index (χ2n) is 8.91. The fourth-order valence-electron chi connectivity index (χ4n) is 5.03. The zero-order chi connectivity index (χ0) is 19.9. The molecule has 4 rings (SSSR count). The predicted octanol–water partition coefficient (Wildman–Crippen LogP) is 3.53. The van der Waals surface area contributed by atoms with Gasteiger partial charge in [-0.15, -0.1) is 0 Å². The van der Waals surface area contributed by atoms with Crippen molar-refractivity contribution in [3.63, 3.8) is 0 Å². The highest BCUT2D eigenvalue weighted by Crippen LogP contribution is 2.24. The molecule has 0 saturated carbocycles. The quantitative estimate of drug-likeness (QED) is 0.627. The van der Waals surface area contributed by atoms with Crippen LogP contribution in [0, 0.1) is 0 Å². The first kappa shape index (κ1) is 20.7. The molecule has 3 heterocycles. The van der Waals surface area contributed by atoms with Crippen LogP contribution >= 0.6 is 0 Å². The Morgan fingerprint density at radius 1 is 0.897 bits per heavy atom. The van der Waals surface area contributed by atoms with Crippen molar-refractivity contribution in [3.05, 3.63) is 29.8 Å². The molecular weight excluding hydrogens is 362 g/mol. The summed E-state index contributed by atoms with van der Waals surface area (Å²) in [6, 6.07) is 8.58. The minimum absolute atomic E-state index is 0.0822. The Kier molecular flexibility index (Phi) is 7.44. The van der Waals surface area contributed by atoms with E-state index in [0.29, 0.717) is 5.91 Å². The van der Waals surface area contributed by atoms with Crippen molar-refractivity contribution in [2.45, 2.75) is 64.0 Å². The summed E-state index contributed by atoms with van der Waals surface area (Å²) in [6.07, 6.45) is 9.65. The number of hydrogen-bond acceptors (Lipinski definition) is 4. The van der Waals surface area contributed by atoms with Crippen molar-refractivity contribution < 1.29 is 9.53 Å². The number of amides is 1. The van der Waals surface area contributed by atoms with Crippen LogP contribution in [-0.2, 0) is 11.3 Å². The lowest BCUT2D eigenvalue weighted by Crippen LogP contribution is -2.44. The van der Waals surface area contributed by atoms with Crippen molar-refractivity contribution in [1.29, 1.82) is 0 Å². The van der Waals surface area contributed by atoms with Gasteiger partial charge in [-0.3, -0.25) is 9.69 Å². The Balaban J connectivity index is 1.21. The number of hydrogen-bond donors (Lipinski definition) is 0. The van der Waals surface area contributed by atoms with Crippen molar-refractivity contribution in [3.8, 4) is 5.75 Å². The van der Waals surface area contributed by atoms with Crippen LogP contribution in [0.4, 0.5) is 0 Å². The molecule has 29 heavy (non-hydrogen) atoms. The highest BCUT2D eigenvalue weighted by atomic mass is 16.5. The monoisotopic (exact) mass is 399 g/mol. The van der Waals surface area contributed by atoms with E-state index in [2.05, 4.69) is 39.0 Å². The summed E-state index contributed by atoms with van der Waals surface area (Å²) in [5.41, 5.74) is 1.27. The van der Waals surface area contributed by atoms with Gasteiger partial charge in [-0.1, -0.05) is 18.6 Å². The zero-order valence-electron chi connectivity index (χ0n) is 17.9.